The van der Waals surface area contributed by atoms with E-state index in [4.69, 9.17) is 14.2 Å². The molecule has 0 heterocycles. The van der Waals surface area contributed by atoms with E-state index >= 15 is 0 Å². The molecule has 446 valence electrons. The Bertz CT molecular complexity index is 1570. The number of esters is 3. The monoisotopic (exact) mass is 1080 g/mol. The summed E-state index contributed by atoms with van der Waals surface area (Å²) < 4.78 is 16.8. The molecule has 0 saturated heterocycles. The molecule has 78 heavy (non-hydrogen) atoms. The second kappa shape index (κ2) is 65.6. The third kappa shape index (κ3) is 62.9. The molecule has 0 aliphatic carbocycles. The summed E-state index contributed by atoms with van der Waals surface area (Å²) in [5, 5.41) is 0. The first-order chi connectivity index (χ1) is 38.5. The molecular formula is C72H122O6. The Kier molecular flexibility index (Phi) is 62.3. The molecule has 0 aromatic rings. The third-order valence-electron chi connectivity index (χ3n) is 14.0. The maximum Gasteiger partial charge on any atom is 0.306 e. The standard InChI is InChI=1S/C72H122O6/c1-4-7-10-13-16-19-21-23-25-27-28-29-30-31-32-33-34-35-36-37-38-39-40-41-42-43-44-46-47-49-51-53-56-59-62-65-71(74)77-68-69(67-76-70(73)64-61-58-55-18-15-12-9-6-3)78-72(75)66-63-60-57-54-52-50-48-45-26-24-22-20-17-14-11-8-5-2/h7-8,10-11,16-17,19-20,23-26,28-29,48,50,54,57,69H,4-6,9,12-15,18,21-22,27,30-47,49,51-53,55-56,58-68H2,1-3H3/b10-7-,11-8-,19-16-,20-17-,25-23-,26-24-,29-28-,50-48-,57-54-. The minimum Gasteiger partial charge on any atom is -0.462 e. The van der Waals surface area contributed by atoms with Crippen LogP contribution in [0.4, 0.5) is 0 Å². The molecule has 0 aromatic carbocycles. The molecular weight excluding hydrogens is 961 g/mol. The van der Waals surface area contributed by atoms with Gasteiger partial charge in [0.05, 0.1) is 0 Å². The van der Waals surface area contributed by atoms with E-state index in [9.17, 15) is 14.4 Å². The molecule has 0 spiro atoms. The Morgan fingerprint density at radius 1 is 0.269 bits per heavy atom. The van der Waals surface area contributed by atoms with Crippen molar-refractivity contribution in [3.63, 3.8) is 0 Å². The van der Waals surface area contributed by atoms with E-state index < -0.39 is 6.10 Å². The highest BCUT2D eigenvalue weighted by Crippen LogP contribution is 2.17. The van der Waals surface area contributed by atoms with Gasteiger partial charge in [-0.3, -0.25) is 14.4 Å². The van der Waals surface area contributed by atoms with E-state index in [1.165, 1.54) is 161 Å². The molecule has 6 nitrogen and oxygen atoms in total. The van der Waals surface area contributed by atoms with Gasteiger partial charge in [0.1, 0.15) is 13.2 Å². The van der Waals surface area contributed by atoms with Crippen LogP contribution in [0.1, 0.15) is 310 Å². The smallest absolute Gasteiger partial charge is 0.306 e. The molecule has 0 aliphatic heterocycles. The maximum atomic E-state index is 12.8. The number of hydrogen-bond donors (Lipinski definition) is 0. The Labute approximate surface area is 482 Å². The van der Waals surface area contributed by atoms with Crippen molar-refractivity contribution in [3.8, 4) is 0 Å². The van der Waals surface area contributed by atoms with Gasteiger partial charge in [-0.05, 0) is 96.3 Å². The van der Waals surface area contributed by atoms with Crippen molar-refractivity contribution in [2.24, 2.45) is 0 Å². The van der Waals surface area contributed by atoms with Crippen molar-refractivity contribution in [3.05, 3.63) is 109 Å². The Hall–Kier alpha value is -3.93. The van der Waals surface area contributed by atoms with E-state index in [0.29, 0.717) is 19.3 Å². The van der Waals surface area contributed by atoms with Crippen LogP contribution in [0.3, 0.4) is 0 Å². The van der Waals surface area contributed by atoms with E-state index in [1.807, 2.05) is 0 Å². The maximum absolute atomic E-state index is 12.8. The Morgan fingerprint density at radius 2 is 0.513 bits per heavy atom. The number of carbonyl (C=O) groups is 3. The molecule has 0 bridgehead atoms. The van der Waals surface area contributed by atoms with Crippen molar-refractivity contribution >= 4 is 17.9 Å². The SMILES string of the molecule is CC/C=C\C/C=C\C/C=C\C/C=C\C/C=C\CCCC(=O)OC(COC(=O)CCCCCCCCCC)COC(=O)CCCCCCCCCCCCCCCCCCCCCCCC/C=C\C/C=C\C/C=C\C/C=C\CC. The van der Waals surface area contributed by atoms with Gasteiger partial charge in [-0.25, -0.2) is 0 Å². The first kappa shape index (κ1) is 74.1. The number of hydrogen-bond acceptors (Lipinski definition) is 6. The first-order valence-corrected chi connectivity index (χ1v) is 32.9. The average Bonchev–Trinajstić information content (AvgIpc) is 3.44. The van der Waals surface area contributed by atoms with Gasteiger partial charge in [-0.1, -0.05) is 304 Å². The summed E-state index contributed by atoms with van der Waals surface area (Å²) in [4.78, 5) is 38.1. The van der Waals surface area contributed by atoms with Gasteiger partial charge in [-0.2, -0.15) is 0 Å². The quantitative estimate of drug-likeness (QED) is 0.0261. The minimum atomic E-state index is -0.804. The van der Waals surface area contributed by atoms with Gasteiger partial charge in [-0.15, -0.1) is 0 Å². The lowest BCUT2D eigenvalue weighted by atomic mass is 10.0. The summed E-state index contributed by atoms with van der Waals surface area (Å²) in [5.74, 6) is -0.952. The van der Waals surface area contributed by atoms with E-state index in [2.05, 4.69) is 130 Å². The van der Waals surface area contributed by atoms with Crippen LogP contribution >= 0.6 is 0 Å². The van der Waals surface area contributed by atoms with Gasteiger partial charge in [0, 0.05) is 19.3 Å². The lowest BCUT2D eigenvalue weighted by Gasteiger charge is -2.18. The number of carbonyl (C=O) groups excluding carboxylic acids is 3. The van der Waals surface area contributed by atoms with Gasteiger partial charge in [0.15, 0.2) is 6.10 Å². The second-order valence-electron chi connectivity index (χ2n) is 21.6. The molecule has 0 fully saturated rings. The minimum absolute atomic E-state index is 0.0970. The van der Waals surface area contributed by atoms with Crippen molar-refractivity contribution in [1.29, 1.82) is 0 Å². The van der Waals surface area contributed by atoms with Crippen LogP contribution in [0.15, 0.2) is 109 Å². The Balaban J connectivity index is 4.05. The summed E-state index contributed by atoms with van der Waals surface area (Å²) in [5.41, 5.74) is 0. The van der Waals surface area contributed by atoms with Crippen LogP contribution in [-0.4, -0.2) is 37.2 Å². The normalized spacial score (nSPS) is 12.8. The predicted octanol–water partition coefficient (Wildman–Crippen LogP) is 22.6. The molecule has 6 heteroatoms. The van der Waals surface area contributed by atoms with Crippen LogP contribution < -0.4 is 0 Å². The fraction of sp³-hybridized carbons (Fsp3) is 0.708. The van der Waals surface area contributed by atoms with Crippen LogP contribution in [-0.2, 0) is 28.6 Å². The fourth-order valence-electron chi connectivity index (χ4n) is 9.18. The number of rotatable bonds is 59. The molecule has 1 atom stereocenters. The topological polar surface area (TPSA) is 78.9 Å². The van der Waals surface area contributed by atoms with Crippen molar-refractivity contribution in [2.45, 2.75) is 316 Å². The molecule has 1 unspecified atom stereocenters. The molecule has 0 aromatic heterocycles. The zero-order chi connectivity index (χ0) is 56.4. The average molecular weight is 1080 g/mol. The fourth-order valence-corrected chi connectivity index (χ4v) is 9.18. The van der Waals surface area contributed by atoms with Gasteiger partial charge in [0.25, 0.3) is 0 Å². The number of allylic oxidation sites excluding steroid dienone is 18. The van der Waals surface area contributed by atoms with E-state index in [-0.39, 0.29) is 37.5 Å². The summed E-state index contributed by atoms with van der Waals surface area (Å²) in [6, 6.07) is 0. The van der Waals surface area contributed by atoms with E-state index in [0.717, 1.165) is 103 Å². The first-order valence-electron chi connectivity index (χ1n) is 32.9. The molecule has 0 saturated carbocycles. The highest BCUT2D eigenvalue weighted by molar-refractivity contribution is 5.71. The molecule has 0 N–H and O–H groups in total. The zero-order valence-electron chi connectivity index (χ0n) is 51.2. The predicted molar refractivity (Wildman–Crippen MR) is 339 cm³/mol. The molecule has 0 amide bonds. The van der Waals surface area contributed by atoms with Gasteiger partial charge < -0.3 is 14.2 Å². The van der Waals surface area contributed by atoms with Crippen LogP contribution in [0.2, 0.25) is 0 Å². The highest BCUT2D eigenvalue weighted by atomic mass is 16.6. The summed E-state index contributed by atoms with van der Waals surface area (Å²) >= 11 is 0. The highest BCUT2D eigenvalue weighted by Gasteiger charge is 2.19. The van der Waals surface area contributed by atoms with Gasteiger partial charge in [0.2, 0.25) is 0 Å². The number of ether oxygens (including phenoxy) is 3. The van der Waals surface area contributed by atoms with Crippen LogP contribution in [0.5, 0.6) is 0 Å². The van der Waals surface area contributed by atoms with Crippen LogP contribution in [0, 0.1) is 0 Å². The summed E-state index contributed by atoms with van der Waals surface area (Å²) in [7, 11) is 0. The molecule has 0 aliphatic rings. The van der Waals surface area contributed by atoms with Crippen LogP contribution in [0.25, 0.3) is 0 Å². The van der Waals surface area contributed by atoms with Crippen molar-refractivity contribution in [1.82, 2.24) is 0 Å². The lowest BCUT2D eigenvalue weighted by molar-refractivity contribution is -0.167. The second-order valence-corrected chi connectivity index (χ2v) is 21.6. The Morgan fingerprint density at radius 3 is 0.821 bits per heavy atom. The summed E-state index contributed by atoms with van der Waals surface area (Å²) in [6.45, 7) is 6.35. The van der Waals surface area contributed by atoms with Crippen molar-refractivity contribution < 1.29 is 28.6 Å². The largest absolute Gasteiger partial charge is 0.462 e. The third-order valence-corrected chi connectivity index (χ3v) is 14.0. The molecule has 0 radical (unpaired) electrons. The molecule has 0 rings (SSSR count). The lowest BCUT2D eigenvalue weighted by Crippen LogP contribution is -2.30. The van der Waals surface area contributed by atoms with Gasteiger partial charge >= 0.3 is 17.9 Å². The summed E-state index contributed by atoms with van der Waals surface area (Å²) in [6.07, 6.45) is 90.1. The zero-order valence-corrected chi connectivity index (χ0v) is 51.2. The van der Waals surface area contributed by atoms with E-state index in [1.54, 1.807) is 0 Å². The number of unbranched alkanes of at least 4 members (excludes halogenated alkanes) is 30. The van der Waals surface area contributed by atoms with Crippen molar-refractivity contribution in [2.75, 3.05) is 13.2 Å².